The Balaban J connectivity index is 1.98. The number of nitrogens with one attached hydrogen (secondary N) is 1. The molecular formula is C11H9BrN4O2. The number of hydrazone groups is 1. The minimum atomic E-state index is -0.456. The molecule has 1 aromatic carbocycles. The normalized spacial score (nSPS) is 10.8. The number of benzene rings is 1. The molecule has 92 valence electrons. The van der Waals surface area contributed by atoms with Gasteiger partial charge in [0.1, 0.15) is 5.69 Å². The van der Waals surface area contributed by atoms with E-state index < -0.39 is 5.91 Å². The molecule has 1 N–H and O–H groups in total. The van der Waals surface area contributed by atoms with Crippen molar-refractivity contribution in [2.24, 2.45) is 5.10 Å². The Bertz CT molecular complexity index is 577. The Morgan fingerprint density at radius 2 is 2.11 bits per heavy atom. The zero-order valence-electron chi connectivity index (χ0n) is 9.42. The van der Waals surface area contributed by atoms with E-state index in [1.807, 2.05) is 24.3 Å². The van der Waals surface area contributed by atoms with Crippen LogP contribution in [0.5, 0.6) is 0 Å². The highest BCUT2D eigenvalue weighted by Gasteiger charge is 2.13. The van der Waals surface area contributed by atoms with Crippen molar-refractivity contribution in [3.63, 3.8) is 0 Å². The van der Waals surface area contributed by atoms with Crippen molar-refractivity contribution in [3.05, 3.63) is 45.7 Å². The van der Waals surface area contributed by atoms with Crippen LogP contribution in [0.3, 0.4) is 0 Å². The highest BCUT2D eigenvalue weighted by atomic mass is 79.9. The van der Waals surface area contributed by atoms with Gasteiger partial charge in [0.05, 0.1) is 6.21 Å². The second kappa shape index (κ2) is 5.54. The van der Waals surface area contributed by atoms with Gasteiger partial charge in [-0.15, -0.1) is 0 Å². The molecular weight excluding hydrogens is 300 g/mol. The second-order valence-corrected chi connectivity index (χ2v) is 4.36. The Labute approximate surface area is 111 Å². The lowest BCUT2D eigenvalue weighted by molar-refractivity contribution is 0.0945. The van der Waals surface area contributed by atoms with Crippen molar-refractivity contribution in [2.75, 3.05) is 0 Å². The summed E-state index contributed by atoms with van der Waals surface area (Å²) in [6.07, 6.45) is 1.53. The molecule has 1 aromatic heterocycles. The van der Waals surface area contributed by atoms with Crippen LogP contribution in [0.15, 0.2) is 38.5 Å². The molecule has 2 aromatic rings. The molecule has 0 unspecified atom stereocenters. The van der Waals surface area contributed by atoms with Gasteiger partial charge in [-0.3, -0.25) is 4.79 Å². The SMILES string of the molecule is Cc1nonc1C(=O)N/N=C\c1ccc(Br)cc1. The molecule has 0 aliphatic rings. The Morgan fingerprint density at radius 3 is 2.72 bits per heavy atom. The third kappa shape index (κ3) is 3.01. The van der Waals surface area contributed by atoms with E-state index in [9.17, 15) is 4.79 Å². The van der Waals surface area contributed by atoms with Crippen LogP contribution in [0, 0.1) is 6.92 Å². The number of amides is 1. The fraction of sp³-hybridized carbons (Fsp3) is 0.0909. The van der Waals surface area contributed by atoms with Crippen LogP contribution in [0.1, 0.15) is 21.7 Å². The van der Waals surface area contributed by atoms with Gasteiger partial charge >= 0.3 is 0 Å². The van der Waals surface area contributed by atoms with Gasteiger partial charge in [-0.2, -0.15) is 5.10 Å². The number of hydrogen-bond donors (Lipinski definition) is 1. The zero-order chi connectivity index (χ0) is 13.0. The van der Waals surface area contributed by atoms with Crippen molar-refractivity contribution in [1.29, 1.82) is 0 Å². The predicted octanol–water partition coefficient (Wildman–Crippen LogP) is 1.90. The fourth-order valence-corrected chi connectivity index (χ4v) is 1.47. The quantitative estimate of drug-likeness (QED) is 0.693. The van der Waals surface area contributed by atoms with E-state index in [-0.39, 0.29) is 5.69 Å². The lowest BCUT2D eigenvalue weighted by Crippen LogP contribution is -2.19. The van der Waals surface area contributed by atoms with Crippen molar-refractivity contribution in [3.8, 4) is 0 Å². The number of rotatable bonds is 3. The molecule has 0 fully saturated rings. The van der Waals surface area contributed by atoms with Crippen LogP contribution in [0.25, 0.3) is 0 Å². The molecule has 0 aliphatic carbocycles. The van der Waals surface area contributed by atoms with Crippen LogP contribution in [-0.4, -0.2) is 22.4 Å². The van der Waals surface area contributed by atoms with Crippen LogP contribution < -0.4 is 5.43 Å². The molecule has 0 bridgehead atoms. The summed E-state index contributed by atoms with van der Waals surface area (Å²) >= 11 is 3.33. The summed E-state index contributed by atoms with van der Waals surface area (Å²) in [5.41, 5.74) is 3.76. The molecule has 2 rings (SSSR count). The minimum Gasteiger partial charge on any atom is -0.265 e. The van der Waals surface area contributed by atoms with Crippen LogP contribution in [0.2, 0.25) is 0 Å². The monoisotopic (exact) mass is 308 g/mol. The van der Waals surface area contributed by atoms with Gasteiger partial charge < -0.3 is 0 Å². The van der Waals surface area contributed by atoms with E-state index in [0.717, 1.165) is 10.0 Å². The first-order valence-electron chi connectivity index (χ1n) is 5.05. The van der Waals surface area contributed by atoms with Crippen molar-refractivity contribution >= 4 is 28.1 Å². The summed E-state index contributed by atoms with van der Waals surface area (Å²) in [5.74, 6) is -0.456. The summed E-state index contributed by atoms with van der Waals surface area (Å²) in [6, 6.07) is 7.50. The topological polar surface area (TPSA) is 80.4 Å². The number of hydrogen-bond acceptors (Lipinski definition) is 5. The van der Waals surface area contributed by atoms with Crippen LogP contribution in [0.4, 0.5) is 0 Å². The first-order valence-corrected chi connectivity index (χ1v) is 5.84. The molecule has 1 heterocycles. The highest BCUT2D eigenvalue weighted by molar-refractivity contribution is 9.10. The molecule has 0 atom stereocenters. The van der Waals surface area contributed by atoms with E-state index >= 15 is 0 Å². The number of nitrogens with zero attached hydrogens (tertiary/aromatic N) is 3. The van der Waals surface area contributed by atoms with E-state index in [0.29, 0.717) is 5.69 Å². The largest absolute Gasteiger partial charge is 0.295 e. The van der Waals surface area contributed by atoms with Gasteiger partial charge in [-0.05, 0) is 29.8 Å². The number of aryl methyl sites for hydroxylation is 1. The maximum absolute atomic E-state index is 11.6. The molecule has 0 saturated carbocycles. The Hall–Kier alpha value is -2.02. The summed E-state index contributed by atoms with van der Waals surface area (Å²) in [5, 5.41) is 10.8. The average molecular weight is 309 g/mol. The molecule has 18 heavy (non-hydrogen) atoms. The lowest BCUT2D eigenvalue weighted by atomic mass is 10.2. The van der Waals surface area contributed by atoms with Gasteiger partial charge in [-0.25, -0.2) is 10.1 Å². The van der Waals surface area contributed by atoms with Gasteiger partial charge in [0.2, 0.25) is 0 Å². The number of halogens is 1. The second-order valence-electron chi connectivity index (χ2n) is 3.45. The van der Waals surface area contributed by atoms with Gasteiger partial charge in [0, 0.05) is 4.47 Å². The Kier molecular flexibility index (Phi) is 3.83. The Morgan fingerprint density at radius 1 is 1.39 bits per heavy atom. The van der Waals surface area contributed by atoms with E-state index in [2.05, 4.69) is 41.4 Å². The van der Waals surface area contributed by atoms with Crippen molar-refractivity contribution in [1.82, 2.24) is 15.7 Å². The maximum Gasteiger partial charge on any atom is 0.295 e. The smallest absolute Gasteiger partial charge is 0.265 e. The fourth-order valence-electron chi connectivity index (χ4n) is 1.20. The predicted molar refractivity (Wildman–Crippen MR) is 68.2 cm³/mol. The highest BCUT2D eigenvalue weighted by Crippen LogP contribution is 2.08. The van der Waals surface area contributed by atoms with Crippen molar-refractivity contribution in [2.45, 2.75) is 6.92 Å². The maximum atomic E-state index is 11.6. The average Bonchev–Trinajstić information content (AvgIpc) is 2.78. The minimum absolute atomic E-state index is 0.128. The third-order valence-corrected chi connectivity index (χ3v) is 2.65. The number of aromatic nitrogens is 2. The first kappa shape index (κ1) is 12.4. The van der Waals surface area contributed by atoms with Crippen molar-refractivity contribution < 1.29 is 9.42 Å². The summed E-state index contributed by atoms with van der Waals surface area (Å²) in [7, 11) is 0. The molecule has 7 heteroatoms. The number of carbonyl (C=O) groups excluding carboxylic acids is 1. The standard InChI is InChI=1S/C11H9BrN4O2/c1-7-10(16-18-15-7)11(17)14-13-6-8-2-4-9(12)5-3-8/h2-6H,1H3,(H,14,17)/b13-6-. The molecule has 0 saturated heterocycles. The van der Waals surface area contributed by atoms with Gasteiger partial charge in [0.15, 0.2) is 5.69 Å². The van der Waals surface area contributed by atoms with Crippen LogP contribution in [-0.2, 0) is 0 Å². The summed E-state index contributed by atoms with van der Waals surface area (Å²) in [6.45, 7) is 1.63. The summed E-state index contributed by atoms with van der Waals surface area (Å²) in [4.78, 5) is 11.6. The van der Waals surface area contributed by atoms with E-state index in [1.165, 1.54) is 6.21 Å². The molecule has 6 nitrogen and oxygen atoms in total. The zero-order valence-corrected chi connectivity index (χ0v) is 11.0. The lowest BCUT2D eigenvalue weighted by Gasteiger charge is -1.95. The third-order valence-electron chi connectivity index (χ3n) is 2.12. The first-order chi connectivity index (χ1) is 8.66. The van der Waals surface area contributed by atoms with Gasteiger partial charge in [0.25, 0.3) is 5.91 Å². The van der Waals surface area contributed by atoms with E-state index in [1.54, 1.807) is 6.92 Å². The van der Waals surface area contributed by atoms with Crippen LogP contribution >= 0.6 is 15.9 Å². The molecule has 0 spiro atoms. The molecule has 1 amide bonds. The molecule has 0 aliphatic heterocycles. The number of carbonyl (C=O) groups is 1. The van der Waals surface area contributed by atoms with Gasteiger partial charge in [-0.1, -0.05) is 33.2 Å². The summed E-state index contributed by atoms with van der Waals surface area (Å²) < 4.78 is 5.41. The van der Waals surface area contributed by atoms with E-state index in [4.69, 9.17) is 0 Å². The molecule has 0 radical (unpaired) electrons.